The lowest BCUT2D eigenvalue weighted by Crippen LogP contribution is -2.03. The number of halogens is 2. The summed E-state index contributed by atoms with van der Waals surface area (Å²) in [4.78, 5) is 11.3. The summed E-state index contributed by atoms with van der Waals surface area (Å²) in [6.07, 6.45) is 0.207. The lowest BCUT2D eigenvalue weighted by atomic mass is 9.99. The number of aryl methyl sites for hydroxylation is 1. The molecule has 1 heterocycles. The maximum absolute atomic E-state index is 11.3. The summed E-state index contributed by atoms with van der Waals surface area (Å²) in [5.41, 5.74) is 1.93. The van der Waals surface area contributed by atoms with Crippen molar-refractivity contribution >= 4 is 40.1 Å². The van der Waals surface area contributed by atoms with E-state index in [1.807, 2.05) is 18.2 Å². The molecule has 0 amide bonds. The fraction of sp³-hybridized carbons (Fsp3) is 0.100. The number of hydrogen-bond acceptors (Lipinski definition) is 4. The van der Waals surface area contributed by atoms with Crippen LogP contribution >= 0.6 is 23.2 Å². The van der Waals surface area contributed by atoms with Crippen LogP contribution in [0.25, 0.3) is 10.9 Å². The lowest BCUT2D eigenvalue weighted by Gasteiger charge is -2.10. The number of carboxylic acids is 1. The van der Waals surface area contributed by atoms with Crippen LogP contribution in [-0.4, -0.2) is 15.6 Å². The summed E-state index contributed by atoms with van der Waals surface area (Å²) in [5.74, 6) is -1.16. The van der Waals surface area contributed by atoms with Crippen LogP contribution in [0.3, 0.4) is 0 Å². The zero-order valence-corrected chi connectivity index (χ0v) is 15.9. The molecule has 0 fully saturated rings. The van der Waals surface area contributed by atoms with E-state index in [4.69, 9.17) is 23.2 Å². The molecule has 0 bridgehead atoms. The molecule has 0 unspecified atom stereocenters. The van der Waals surface area contributed by atoms with Crippen molar-refractivity contribution in [3.63, 3.8) is 0 Å². The molecule has 8 heteroatoms. The van der Waals surface area contributed by atoms with Gasteiger partial charge in [0.1, 0.15) is 18.2 Å². The fourth-order valence-corrected chi connectivity index (χ4v) is 3.71. The first-order valence-electron chi connectivity index (χ1n) is 7.89. The van der Waals surface area contributed by atoms with Crippen molar-refractivity contribution in [2.45, 2.75) is 6.42 Å². The minimum absolute atomic E-state index is 0.0265. The van der Waals surface area contributed by atoms with E-state index in [0.717, 1.165) is 0 Å². The minimum Gasteiger partial charge on any atom is -0.478 e. The zero-order chi connectivity index (χ0) is 20.6. The van der Waals surface area contributed by atoms with Gasteiger partial charge in [-0.25, -0.2) is 4.79 Å². The van der Waals surface area contributed by atoms with Gasteiger partial charge in [0.25, 0.3) is 0 Å². The second-order valence-electron chi connectivity index (χ2n) is 6.01. The molecular formula is C20H10Cl2N4O2. The second kappa shape index (κ2) is 7.25. The van der Waals surface area contributed by atoms with E-state index in [1.165, 1.54) is 12.1 Å². The predicted molar refractivity (Wildman–Crippen MR) is 103 cm³/mol. The van der Waals surface area contributed by atoms with Crippen molar-refractivity contribution in [1.29, 1.82) is 15.8 Å². The maximum Gasteiger partial charge on any atom is 0.337 e. The molecule has 0 aliphatic heterocycles. The molecule has 0 radical (unpaired) electrons. The number of aromatic carboxylic acids is 1. The second-order valence-corrected chi connectivity index (χ2v) is 6.79. The smallest absolute Gasteiger partial charge is 0.337 e. The molecule has 3 aromatic rings. The Hall–Kier alpha value is -3.50. The van der Waals surface area contributed by atoms with Crippen LogP contribution in [0.4, 0.5) is 0 Å². The van der Waals surface area contributed by atoms with E-state index in [9.17, 15) is 25.7 Å². The molecule has 2 aromatic carbocycles. The minimum atomic E-state index is -1.16. The summed E-state index contributed by atoms with van der Waals surface area (Å²) in [5, 5.41) is 38.3. The van der Waals surface area contributed by atoms with Crippen molar-refractivity contribution in [3.8, 4) is 18.2 Å². The van der Waals surface area contributed by atoms with E-state index in [0.29, 0.717) is 27.2 Å². The number of nitriles is 3. The van der Waals surface area contributed by atoms with Gasteiger partial charge < -0.3 is 9.67 Å². The Bertz CT molecular complexity index is 1290. The summed E-state index contributed by atoms with van der Waals surface area (Å²) in [6.45, 7) is 0. The van der Waals surface area contributed by atoms with E-state index >= 15 is 0 Å². The predicted octanol–water partition coefficient (Wildman–Crippen LogP) is 4.39. The number of nitrogens with zero attached hydrogens (tertiary/aromatic N) is 4. The molecule has 0 atom stereocenters. The summed E-state index contributed by atoms with van der Waals surface area (Å²) in [7, 11) is 1.74. The Labute approximate surface area is 170 Å². The number of aromatic nitrogens is 1. The Morgan fingerprint density at radius 1 is 1.11 bits per heavy atom. The Kier molecular flexibility index (Phi) is 4.99. The number of fused-ring (bicyclic) bond motifs is 1. The van der Waals surface area contributed by atoms with Gasteiger partial charge in [-0.05, 0) is 29.8 Å². The number of hydrogen-bond donors (Lipinski definition) is 1. The molecule has 0 aliphatic carbocycles. The average molecular weight is 409 g/mol. The van der Waals surface area contributed by atoms with Crippen molar-refractivity contribution in [1.82, 2.24) is 4.57 Å². The van der Waals surface area contributed by atoms with Gasteiger partial charge in [0.05, 0.1) is 32.8 Å². The third-order valence-electron chi connectivity index (χ3n) is 4.57. The average Bonchev–Trinajstić information content (AvgIpc) is 2.98. The van der Waals surface area contributed by atoms with Gasteiger partial charge in [-0.2, -0.15) is 15.8 Å². The third kappa shape index (κ3) is 2.94. The van der Waals surface area contributed by atoms with Crippen molar-refractivity contribution < 1.29 is 9.90 Å². The highest BCUT2D eigenvalue weighted by Crippen LogP contribution is 2.33. The van der Waals surface area contributed by atoms with E-state index < -0.39 is 5.97 Å². The summed E-state index contributed by atoms with van der Waals surface area (Å²) in [6, 6.07) is 11.9. The van der Waals surface area contributed by atoms with Gasteiger partial charge >= 0.3 is 5.97 Å². The van der Waals surface area contributed by atoms with E-state index in [-0.39, 0.29) is 33.7 Å². The van der Waals surface area contributed by atoms with E-state index in [1.54, 1.807) is 23.7 Å². The Balaban J connectivity index is 2.26. The van der Waals surface area contributed by atoms with Crippen LogP contribution in [0.5, 0.6) is 0 Å². The van der Waals surface area contributed by atoms with Crippen LogP contribution in [0, 0.1) is 34.0 Å². The summed E-state index contributed by atoms with van der Waals surface area (Å²) < 4.78 is 1.76. The molecule has 136 valence electrons. The van der Waals surface area contributed by atoms with Crippen molar-refractivity contribution in [2.24, 2.45) is 7.05 Å². The van der Waals surface area contributed by atoms with Crippen LogP contribution in [-0.2, 0) is 13.5 Å². The van der Waals surface area contributed by atoms with Gasteiger partial charge in [0.2, 0.25) is 0 Å². The van der Waals surface area contributed by atoms with Crippen molar-refractivity contribution in [2.75, 3.05) is 0 Å². The maximum atomic E-state index is 11.3. The van der Waals surface area contributed by atoms with Gasteiger partial charge in [-0.15, -0.1) is 0 Å². The number of carboxylic acid groups (broad SMARTS) is 1. The SMILES string of the molecule is Cn1c(Cc2c(Cl)ccc(C(=O)O)c2Cl)cc2c(C#N)c(C#N)c(C#N)cc21. The van der Waals surface area contributed by atoms with Gasteiger partial charge in [0.15, 0.2) is 0 Å². The fourth-order valence-electron chi connectivity index (χ4n) is 3.12. The molecular weight excluding hydrogens is 399 g/mol. The molecule has 0 aliphatic rings. The lowest BCUT2D eigenvalue weighted by molar-refractivity contribution is 0.0697. The molecule has 1 N–H and O–H groups in total. The van der Waals surface area contributed by atoms with Gasteiger partial charge in [-0.1, -0.05) is 23.2 Å². The molecule has 28 heavy (non-hydrogen) atoms. The quantitative estimate of drug-likeness (QED) is 0.689. The molecule has 0 saturated carbocycles. The zero-order valence-electron chi connectivity index (χ0n) is 14.4. The molecule has 3 rings (SSSR count). The van der Waals surface area contributed by atoms with Gasteiger partial charge in [-0.3, -0.25) is 0 Å². The highest BCUT2D eigenvalue weighted by molar-refractivity contribution is 6.38. The molecule has 0 saturated heterocycles. The van der Waals surface area contributed by atoms with Crippen LogP contribution in [0.1, 0.15) is 38.3 Å². The standard InChI is InChI=1S/C20H10Cl2N4O2/c1-26-11(6-14-17(21)3-2-12(19(14)22)20(27)28)5-13-16(9-25)15(8-24)10(7-23)4-18(13)26/h2-5H,6H2,1H3,(H,27,28). The van der Waals surface area contributed by atoms with E-state index in [2.05, 4.69) is 0 Å². The third-order valence-corrected chi connectivity index (χ3v) is 5.35. The molecule has 6 nitrogen and oxygen atoms in total. The first-order chi connectivity index (χ1) is 13.3. The topological polar surface area (TPSA) is 114 Å². The molecule has 0 spiro atoms. The largest absolute Gasteiger partial charge is 0.478 e. The van der Waals surface area contributed by atoms with Gasteiger partial charge in [0, 0.05) is 29.6 Å². The normalized spacial score (nSPS) is 10.3. The first kappa shape index (κ1) is 19.3. The molecule has 1 aromatic heterocycles. The highest BCUT2D eigenvalue weighted by atomic mass is 35.5. The summed E-state index contributed by atoms with van der Waals surface area (Å²) >= 11 is 12.5. The van der Waals surface area contributed by atoms with Crippen LogP contribution in [0.2, 0.25) is 10.0 Å². The monoisotopic (exact) mass is 408 g/mol. The Morgan fingerprint density at radius 2 is 1.79 bits per heavy atom. The number of rotatable bonds is 3. The first-order valence-corrected chi connectivity index (χ1v) is 8.65. The number of benzene rings is 2. The van der Waals surface area contributed by atoms with Crippen LogP contribution < -0.4 is 0 Å². The number of carbonyl (C=O) groups is 1. The van der Waals surface area contributed by atoms with Crippen LogP contribution in [0.15, 0.2) is 24.3 Å². The van der Waals surface area contributed by atoms with Crippen molar-refractivity contribution in [3.05, 3.63) is 67.8 Å². The highest BCUT2D eigenvalue weighted by Gasteiger charge is 2.20. The Morgan fingerprint density at radius 3 is 2.36 bits per heavy atom.